The fourth-order valence-electron chi connectivity index (χ4n) is 2.53. The first-order chi connectivity index (χ1) is 10.5. The molecular formula is C15H18BF3N2O2. The average Bonchev–Trinajstić information content (AvgIpc) is 2.86. The summed E-state index contributed by atoms with van der Waals surface area (Å²) in [5.41, 5.74) is 0.724. The van der Waals surface area contributed by atoms with Crippen LogP contribution < -0.4 is 5.46 Å². The van der Waals surface area contributed by atoms with Crippen molar-refractivity contribution in [2.24, 2.45) is 0 Å². The van der Waals surface area contributed by atoms with Gasteiger partial charge in [0.05, 0.1) is 28.6 Å². The van der Waals surface area contributed by atoms with Gasteiger partial charge < -0.3 is 13.9 Å². The van der Waals surface area contributed by atoms with E-state index >= 15 is 0 Å². The molecule has 0 N–H and O–H groups in total. The summed E-state index contributed by atoms with van der Waals surface area (Å²) in [6.45, 7) is 6.74. The van der Waals surface area contributed by atoms with E-state index in [2.05, 4.69) is 4.98 Å². The van der Waals surface area contributed by atoms with Gasteiger partial charge in [0.25, 0.3) is 0 Å². The molecule has 0 bridgehead atoms. The molecule has 0 aliphatic carbocycles. The first kappa shape index (κ1) is 16.3. The van der Waals surface area contributed by atoms with Gasteiger partial charge in [0.2, 0.25) is 0 Å². The topological polar surface area (TPSA) is 36.3 Å². The van der Waals surface area contributed by atoms with Crippen molar-refractivity contribution in [1.29, 1.82) is 0 Å². The van der Waals surface area contributed by atoms with Gasteiger partial charge in [-0.05, 0) is 45.3 Å². The van der Waals surface area contributed by atoms with Crippen LogP contribution in [0.1, 0.15) is 27.7 Å². The lowest BCUT2D eigenvalue weighted by molar-refractivity contribution is -0.139. The molecule has 1 fully saturated rings. The normalized spacial score (nSPS) is 20.4. The second kappa shape index (κ2) is 4.98. The number of hydrogen-bond donors (Lipinski definition) is 0. The van der Waals surface area contributed by atoms with Gasteiger partial charge in [-0.25, -0.2) is 4.98 Å². The number of halogens is 3. The maximum absolute atomic E-state index is 12.6. The minimum absolute atomic E-state index is 0.433. The Morgan fingerprint density at radius 1 is 1.13 bits per heavy atom. The zero-order valence-corrected chi connectivity index (χ0v) is 13.4. The SMILES string of the molecule is CC1(C)OB(c2ccc3c(c2)ncn3CC(F)(F)F)OC1(C)C. The van der Waals surface area contributed by atoms with Crippen LogP contribution in [0.5, 0.6) is 0 Å². The van der Waals surface area contributed by atoms with Crippen LogP contribution in [-0.2, 0) is 15.9 Å². The van der Waals surface area contributed by atoms with Crippen LogP contribution in [0.15, 0.2) is 24.5 Å². The lowest BCUT2D eigenvalue weighted by Gasteiger charge is -2.32. The van der Waals surface area contributed by atoms with E-state index in [4.69, 9.17) is 9.31 Å². The molecule has 0 atom stereocenters. The summed E-state index contributed by atoms with van der Waals surface area (Å²) in [5, 5.41) is 0. The Morgan fingerprint density at radius 3 is 2.30 bits per heavy atom. The second-order valence-electron chi connectivity index (χ2n) is 6.82. The van der Waals surface area contributed by atoms with Crippen molar-refractivity contribution in [3.05, 3.63) is 24.5 Å². The fraction of sp³-hybridized carbons (Fsp3) is 0.533. The van der Waals surface area contributed by atoms with Crippen LogP contribution in [0.25, 0.3) is 11.0 Å². The van der Waals surface area contributed by atoms with Gasteiger partial charge in [-0.1, -0.05) is 6.07 Å². The molecule has 0 radical (unpaired) electrons. The van der Waals surface area contributed by atoms with Gasteiger partial charge in [-0.3, -0.25) is 0 Å². The van der Waals surface area contributed by atoms with Crippen LogP contribution in [-0.4, -0.2) is 34.0 Å². The molecule has 8 heteroatoms. The molecule has 1 saturated heterocycles. The first-order valence-electron chi connectivity index (χ1n) is 7.36. The zero-order chi connectivity index (χ0) is 17.0. The van der Waals surface area contributed by atoms with Crippen LogP contribution in [0.4, 0.5) is 13.2 Å². The van der Waals surface area contributed by atoms with E-state index in [1.165, 1.54) is 6.33 Å². The molecule has 1 aliphatic heterocycles. The second-order valence-corrected chi connectivity index (χ2v) is 6.82. The summed E-state index contributed by atoms with van der Waals surface area (Å²) in [7, 11) is -0.558. The molecule has 0 saturated carbocycles. The summed E-state index contributed by atoms with van der Waals surface area (Å²) in [4.78, 5) is 4.06. The Labute approximate surface area is 132 Å². The molecule has 2 heterocycles. The van der Waals surface area contributed by atoms with E-state index in [1.54, 1.807) is 18.2 Å². The van der Waals surface area contributed by atoms with Crippen molar-refractivity contribution in [1.82, 2.24) is 9.55 Å². The molecule has 1 aromatic heterocycles. The summed E-state index contributed by atoms with van der Waals surface area (Å²) in [5.74, 6) is 0. The zero-order valence-electron chi connectivity index (χ0n) is 13.4. The van der Waals surface area contributed by atoms with E-state index in [1.807, 2.05) is 27.7 Å². The van der Waals surface area contributed by atoms with Gasteiger partial charge in [0.15, 0.2) is 0 Å². The third-order valence-electron chi connectivity index (χ3n) is 4.52. The first-order valence-corrected chi connectivity index (χ1v) is 7.36. The number of fused-ring (bicyclic) bond motifs is 1. The van der Waals surface area contributed by atoms with Crippen LogP contribution in [0, 0.1) is 0 Å². The molecule has 3 rings (SSSR count). The predicted molar refractivity (Wildman–Crippen MR) is 81.5 cm³/mol. The van der Waals surface area contributed by atoms with Gasteiger partial charge >= 0.3 is 13.3 Å². The molecule has 0 unspecified atom stereocenters. The molecule has 1 aromatic carbocycles. The Balaban J connectivity index is 1.91. The number of alkyl halides is 3. The number of hydrogen-bond acceptors (Lipinski definition) is 3. The minimum Gasteiger partial charge on any atom is -0.399 e. The largest absolute Gasteiger partial charge is 0.494 e. The molecule has 4 nitrogen and oxygen atoms in total. The highest BCUT2D eigenvalue weighted by Gasteiger charge is 2.51. The number of imidazole rings is 1. The minimum atomic E-state index is -4.28. The monoisotopic (exact) mass is 326 g/mol. The summed E-state index contributed by atoms with van der Waals surface area (Å²) in [6, 6.07) is 5.05. The highest BCUT2D eigenvalue weighted by molar-refractivity contribution is 6.62. The van der Waals surface area contributed by atoms with Crippen molar-refractivity contribution in [3.63, 3.8) is 0 Å². The maximum atomic E-state index is 12.6. The van der Waals surface area contributed by atoms with Crippen molar-refractivity contribution >= 4 is 23.6 Å². The maximum Gasteiger partial charge on any atom is 0.494 e. The fourth-order valence-corrected chi connectivity index (χ4v) is 2.53. The summed E-state index contributed by atoms with van der Waals surface area (Å²) < 4.78 is 50.6. The van der Waals surface area contributed by atoms with E-state index < -0.39 is 31.0 Å². The molecular weight excluding hydrogens is 308 g/mol. The molecule has 0 spiro atoms. The lowest BCUT2D eigenvalue weighted by atomic mass is 9.79. The lowest BCUT2D eigenvalue weighted by Crippen LogP contribution is -2.41. The van der Waals surface area contributed by atoms with Crippen molar-refractivity contribution in [2.75, 3.05) is 0 Å². The molecule has 1 aliphatic rings. The van der Waals surface area contributed by atoms with Crippen LogP contribution in [0.3, 0.4) is 0 Å². The smallest absolute Gasteiger partial charge is 0.399 e. The Kier molecular flexibility index (Phi) is 3.53. The van der Waals surface area contributed by atoms with Crippen molar-refractivity contribution in [2.45, 2.75) is 51.6 Å². The number of nitrogens with zero attached hydrogens (tertiary/aromatic N) is 2. The highest BCUT2D eigenvalue weighted by atomic mass is 19.4. The van der Waals surface area contributed by atoms with Gasteiger partial charge in [0, 0.05) is 0 Å². The quantitative estimate of drug-likeness (QED) is 0.796. The third-order valence-corrected chi connectivity index (χ3v) is 4.52. The standard InChI is InChI=1S/C15H18BF3N2O2/c1-13(2)14(3,4)23-16(22-13)10-5-6-12-11(7-10)20-9-21(12)8-15(17,18)19/h5-7,9H,8H2,1-4H3. The molecule has 0 amide bonds. The van der Waals surface area contributed by atoms with E-state index in [0.29, 0.717) is 11.0 Å². The predicted octanol–water partition coefficient (Wildman–Crippen LogP) is 2.90. The highest BCUT2D eigenvalue weighted by Crippen LogP contribution is 2.36. The molecule has 124 valence electrons. The number of benzene rings is 1. The Morgan fingerprint density at radius 2 is 1.74 bits per heavy atom. The van der Waals surface area contributed by atoms with Crippen molar-refractivity contribution in [3.8, 4) is 0 Å². The van der Waals surface area contributed by atoms with E-state index in [0.717, 1.165) is 10.0 Å². The van der Waals surface area contributed by atoms with Crippen LogP contribution in [0.2, 0.25) is 0 Å². The van der Waals surface area contributed by atoms with E-state index in [9.17, 15) is 13.2 Å². The number of rotatable bonds is 2. The van der Waals surface area contributed by atoms with E-state index in [-0.39, 0.29) is 0 Å². The van der Waals surface area contributed by atoms with Crippen molar-refractivity contribution < 1.29 is 22.5 Å². The van der Waals surface area contributed by atoms with Gasteiger partial charge in [0.1, 0.15) is 6.54 Å². The summed E-state index contributed by atoms with van der Waals surface area (Å²) in [6.07, 6.45) is -3.08. The Bertz CT molecular complexity index is 724. The molecule has 23 heavy (non-hydrogen) atoms. The molecule has 2 aromatic rings. The summed E-state index contributed by atoms with van der Waals surface area (Å²) >= 11 is 0. The van der Waals surface area contributed by atoms with Gasteiger partial charge in [-0.2, -0.15) is 13.2 Å². The number of aromatic nitrogens is 2. The average molecular weight is 326 g/mol. The Hall–Kier alpha value is -1.54. The third kappa shape index (κ3) is 2.97. The van der Waals surface area contributed by atoms with Crippen LogP contribution >= 0.6 is 0 Å². The van der Waals surface area contributed by atoms with Gasteiger partial charge in [-0.15, -0.1) is 0 Å².